The van der Waals surface area contributed by atoms with Crippen LogP contribution in [0.4, 0.5) is 0 Å². The molecule has 1 amide bonds. The van der Waals surface area contributed by atoms with Gasteiger partial charge in [-0.2, -0.15) is 0 Å². The minimum absolute atomic E-state index is 0.133. The molecule has 0 atom stereocenters. The summed E-state index contributed by atoms with van der Waals surface area (Å²) in [5, 5.41) is 2.88. The number of nitrogens with zero attached hydrogens (tertiary/aromatic N) is 1. The van der Waals surface area contributed by atoms with Gasteiger partial charge in [-0.3, -0.25) is 4.79 Å². The summed E-state index contributed by atoms with van der Waals surface area (Å²) in [6.07, 6.45) is 7.70. The first kappa shape index (κ1) is 18.5. The van der Waals surface area contributed by atoms with Crippen LogP contribution in [0.25, 0.3) is 0 Å². The number of aromatic nitrogens is 1. The molecule has 130 valence electrons. The lowest BCUT2D eigenvalue weighted by molar-refractivity contribution is 0.0952. The van der Waals surface area contributed by atoms with Crippen molar-refractivity contribution in [2.75, 3.05) is 6.54 Å². The first-order chi connectivity index (χ1) is 12.1. The third-order valence-corrected chi connectivity index (χ3v) is 3.58. The van der Waals surface area contributed by atoms with Gasteiger partial charge >= 0.3 is 0 Å². The predicted octanol–water partition coefficient (Wildman–Crippen LogP) is 3.17. The van der Waals surface area contributed by atoms with E-state index in [4.69, 9.17) is 16.9 Å². The van der Waals surface area contributed by atoms with Gasteiger partial charge in [0.15, 0.2) is 0 Å². The van der Waals surface area contributed by atoms with E-state index in [1.165, 1.54) is 0 Å². The van der Waals surface area contributed by atoms with E-state index in [0.29, 0.717) is 30.3 Å². The average molecular weight is 337 g/mol. The lowest BCUT2D eigenvalue weighted by Gasteiger charge is -2.09. The summed E-state index contributed by atoms with van der Waals surface area (Å²) in [6.45, 7) is 2.91. The molecule has 0 saturated heterocycles. The maximum Gasteiger partial charge on any atom is 0.251 e. The highest BCUT2D eigenvalue weighted by Crippen LogP contribution is 2.22. The van der Waals surface area contributed by atoms with Gasteiger partial charge in [-0.1, -0.05) is 6.07 Å². The van der Waals surface area contributed by atoms with Crippen LogP contribution in [0, 0.1) is 19.3 Å². The van der Waals surface area contributed by atoms with E-state index in [1.807, 2.05) is 13.0 Å². The number of benzene rings is 1. The van der Waals surface area contributed by atoms with Gasteiger partial charge in [-0.15, -0.1) is 12.3 Å². The predicted molar refractivity (Wildman–Crippen MR) is 98.4 cm³/mol. The van der Waals surface area contributed by atoms with Gasteiger partial charge in [-0.25, -0.2) is 4.98 Å². The van der Waals surface area contributed by atoms with Gasteiger partial charge in [0.2, 0.25) is 5.88 Å². The number of nitrogens with two attached hydrogens (primary N) is 1. The van der Waals surface area contributed by atoms with Gasteiger partial charge in [0, 0.05) is 36.8 Å². The molecular formula is C20H23N3O2. The Bertz CT molecular complexity index is 766. The number of rotatable bonds is 8. The molecule has 1 aromatic carbocycles. The Kier molecular flexibility index (Phi) is 7.00. The molecule has 0 fully saturated rings. The van der Waals surface area contributed by atoms with Crippen LogP contribution in [0.5, 0.6) is 11.6 Å². The fourth-order valence-corrected chi connectivity index (χ4v) is 2.35. The second-order valence-corrected chi connectivity index (χ2v) is 5.71. The highest BCUT2D eigenvalue weighted by atomic mass is 16.5. The number of ether oxygens (including phenoxy) is 1. The molecule has 2 rings (SSSR count). The van der Waals surface area contributed by atoms with Crippen LogP contribution in [0.3, 0.4) is 0 Å². The number of terminal acetylenes is 1. The van der Waals surface area contributed by atoms with Gasteiger partial charge in [0.1, 0.15) is 5.75 Å². The summed E-state index contributed by atoms with van der Waals surface area (Å²) in [5.74, 6) is 3.48. The number of aryl methyl sites for hydroxylation is 1. The summed E-state index contributed by atoms with van der Waals surface area (Å²) in [5.41, 5.74) is 8.00. The zero-order valence-corrected chi connectivity index (χ0v) is 14.4. The number of pyridine rings is 1. The molecule has 0 bridgehead atoms. The Morgan fingerprint density at radius 1 is 1.32 bits per heavy atom. The van der Waals surface area contributed by atoms with Crippen LogP contribution in [0.15, 0.2) is 36.4 Å². The Morgan fingerprint density at radius 3 is 2.92 bits per heavy atom. The largest absolute Gasteiger partial charge is 0.439 e. The molecule has 5 nitrogen and oxygen atoms in total. The van der Waals surface area contributed by atoms with E-state index < -0.39 is 0 Å². The summed E-state index contributed by atoms with van der Waals surface area (Å²) >= 11 is 0. The molecule has 25 heavy (non-hydrogen) atoms. The van der Waals surface area contributed by atoms with Crippen molar-refractivity contribution in [3.05, 3.63) is 53.2 Å². The van der Waals surface area contributed by atoms with Crippen LogP contribution < -0.4 is 15.8 Å². The number of hydrogen-bond acceptors (Lipinski definition) is 4. The van der Waals surface area contributed by atoms with Crippen molar-refractivity contribution in [2.24, 2.45) is 5.73 Å². The second kappa shape index (κ2) is 9.45. The van der Waals surface area contributed by atoms with Crippen molar-refractivity contribution < 1.29 is 9.53 Å². The zero-order chi connectivity index (χ0) is 18.1. The topological polar surface area (TPSA) is 77.2 Å². The molecule has 0 aliphatic carbocycles. The van der Waals surface area contributed by atoms with E-state index in [2.05, 4.69) is 16.2 Å². The van der Waals surface area contributed by atoms with Crippen LogP contribution >= 0.6 is 0 Å². The van der Waals surface area contributed by atoms with Gasteiger partial charge in [0.25, 0.3) is 5.91 Å². The summed E-state index contributed by atoms with van der Waals surface area (Å²) in [4.78, 5) is 16.5. The smallest absolute Gasteiger partial charge is 0.251 e. The van der Waals surface area contributed by atoms with Gasteiger partial charge in [-0.05, 0) is 49.6 Å². The Hall–Kier alpha value is -2.84. The highest BCUT2D eigenvalue weighted by molar-refractivity contribution is 5.94. The fourth-order valence-electron chi connectivity index (χ4n) is 2.35. The van der Waals surface area contributed by atoms with Crippen molar-refractivity contribution in [3.63, 3.8) is 0 Å². The lowest BCUT2D eigenvalue weighted by Crippen LogP contribution is -2.24. The summed E-state index contributed by atoms with van der Waals surface area (Å²) in [6, 6.07) is 10.7. The minimum Gasteiger partial charge on any atom is -0.439 e. The number of carbonyl (C=O) groups is 1. The number of unbranched alkanes of at least 4 members (excludes halogenated alkanes) is 2. The average Bonchev–Trinajstić information content (AvgIpc) is 2.61. The third kappa shape index (κ3) is 5.94. The number of amides is 1. The van der Waals surface area contributed by atoms with E-state index in [-0.39, 0.29) is 5.91 Å². The molecule has 2 aromatic rings. The maximum absolute atomic E-state index is 12.2. The molecular weight excluding hydrogens is 314 g/mol. The Morgan fingerprint density at radius 2 is 2.16 bits per heavy atom. The van der Waals surface area contributed by atoms with Gasteiger partial charge < -0.3 is 15.8 Å². The number of nitrogens with one attached hydrogen (secondary N) is 1. The summed E-state index contributed by atoms with van der Waals surface area (Å²) in [7, 11) is 0. The Labute approximate surface area is 148 Å². The molecule has 0 aliphatic heterocycles. The van der Waals surface area contributed by atoms with Crippen molar-refractivity contribution in [3.8, 4) is 24.0 Å². The number of hydrogen-bond donors (Lipinski definition) is 2. The first-order valence-corrected chi connectivity index (χ1v) is 8.29. The van der Waals surface area contributed by atoms with Crippen molar-refractivity contribution in [1.82, 2.24) is 10.3 Å². The molecule has 0 unspecified atom stereocenters. The third-order valence-electron chi connectivity index (χ3n) is 3.58. The normalized spacial score (nSPS) is 10.1. The standard InChI is InChI=1S/C20H23N3O2/c1-3-4-5-6-10-22-20(24)17-8-7-9-18(13-17)25-19-12-16(14-21)11-15(2)23-19/h1,7-9,11-13H,4-6,10,14,21H2,2H3,(H,22,24). The monoisotopic (exact) mass is 337 g/mol. The molecule has 0 spiro atoms. The van der Waals surface area contributed by atoms with Crippen molar-refractivity contribution in [2.45, 2.75) is 32.7 Å². The van der Waals surface area contributed by atoms with E-state index in [9.17, 15) is 4.79 Å². The lowest BCUT2D eigenvalue weighted by atomic mass is 10.2. The van der Waals surface area contributed by atoms with Crippen molar-refractivity contribution >= 4 is 5.91 Å². The van der Waals surface area contributed by atoms with Gasteiger partial charge in [0.05, 0.1) is 0 Å². The first-order valence-electron chi connectivity index (χ1n) is 8.29. The molecule has 3 N–H and O–H groups in total. The quantitative estimate of drug-likeness (QED) is 0.573. The molecule has 0 aliphatic rings. The molecule has 0 saturated carbocycles. The van der Waals surface area contributed by atoms with Crippen LogP contribution in [0.2, 0.25) is 0 Å². The van der Waals surface area contributed by atoms with Crippen LogP contribution in [0.1, 0.15) is 40.9 Å². The number of carbonyl (C=O) groups excluding carboxylic acids is 1. The highest BCUT2D eigenvalue weighted by Gasteiger charge is 2.08. The van der Waals surface area contributed by atoms with Crippen LogP contribution in [-0.2, 0) is 6.54 Å². The Balaban J connectivity index is 2.00. The summed E-state index contributed by atoms with van der Waals surface area (Å²) < 4.78 is 5.78. The van der Waals surface area contributed by atoms with Crippen LogP contribution in [-0.4, -0.2) is 17.4 Å². The molecule has 1 heterocycles. The zero-order valence-electron chi connectivity index (χ0n) is 14.4. The second-order valence-electron chi connectivity index (χ2n) is 5.71. The minimum atomic E-state index is -0.133. The van der Waals surface area contributed by atoms with E-state index in [0.717, 1.165) is 30.5 Å². The van der Waals surface area contributed by atoms with E-state index >= 15 is 0 Å². The fraction of sp³-hybridized carbons (Fsp3) is 0.300. The maximum atomic E-state index is 12.2. The van der Waals surface area contributed by atoms with Crippen molar-refractivity contribution in [1.29, 1.82) is 0 Å². The molecule has 1 aromatic heterocycles. The SMILES string of the molecule is C#CCCCCNC(=O)c1cccc(Oc2cc(CN)cc(C)n2)c1. The van der Waals surface area contributed by atoms with E-state index in [1.54, 1.807) is 30.3 Å². The molecule has 5 heteroatoms. The molecule has 0 radical (unpaired) electrons.